The Morgan fingerprint density at radius 1 is 1.07 bits per heavy atom. The lowest BCUT2D eigenvalue weighted by Gasteiger charge is -2.60. The van der Waals surface area contributed by atoms with Crippen molar-refractivity contribution in [3.05, 3.63) is 0 Å². The topological polar surface area (TPSA) is 121 Å². The maximum Gasteiger partial charge on any atom is 0.317 e. The summed E-state index contributed by atoms with van der Waals surface area (Å²) in [5, 5.41) is 29.8. The van der Waals surface area contributed by atoms with E-state index >= 15 is 0 Å². The number of hydrogen-bond acceptors (Lipinski definition) is 5. The van der Waals surface area contributed by atoms with Gasteiger partial charge < -0.3 is 20.1 Å². The molecule has 0 radical (unpaired) electrons. The van der Waals surface area contributed by atoms with Gasteiger partial charge in [-0.15, -0.1) is 0 Å². The number of aliphatic carboxylic acids is 2. The summed E-state index contributed by atoms with van der Waals surface area (Å²) in [5.74, 6) is -2.34. The minimum atomic E-state index is -1.20. The monoisotopic (exact) mass is 426 g/mol. The SMILES string of the molecule is CC(CCOC(=O)CC(=O)O)CCC1C(C)(O)CCC2C(C)(C(=O)O)CCCC12C. The van der Waals surface area contributed by atoms with Gasteiger partial charge in [-0.2, -0.15) is 0 Å². The molecule has 0 amide bonds. The van der Waals surface area contributed by atoms with Gasteiger partial charge in [-0.25, -0.2) is 0 Å². The van der Waals surface area contributed by atoms with Crippen LogP contribution in [0.5, 0.6) is 0 Å². The number of carboxylic acids is 2. The maximum atomic E-state index is 12.1. The molecule has 0 heterocycles. The van der Waals surface area contributed by atoms with E-state index in [0.29, 0.717) is 19.3 Å². The van der Waals surface area contributed by atoms with Gasteiger partial charge in [0.2, 0.25) is 0 Å². The highest BCUT2D eigenvalue weighted by atomic mass is 16.5. The van der Waals surface area contributed by atoms with Gasteiger partial charge in [0.15, 0.2) is 0 Å². The Balaban J connectivity index is 2.01. The number of carbonyl (C=O) groups is 3. The molecule has 0 aromatic carbocycles. The van der Waals surface area contributed by atoms with Crippen LogP contribution in [-0.2, 0) is 19.1 Å². The van der Waals surface area contributed by atoms with Gasteiger partial charge in [0.05, 0.1) is 17.6 Å². The van der Waals surface area contributed by atoms with Crippen molar-refractivity contribution in [3.8, 4) is 0 Å². The Morgan fingerprint density at radius 2 is 1.73 bits per heavy atom. The molecule has 0 spiro atoms. The van der Waals surface area contributed by atoms with Crippen LogP contribution in [0, 0.1) is 28.6 Å². The van der Waals surface area contributed by atoms with Gasteiger partial charge in [-0.3, -0.25) is 14.4 Å². The fourth-order valence-electron chi connectivity index (χ4n) is 6.34. The summed E-state index contributed by atoms with van der Waals surface area (Å²) in [7, 11) is 0. The molecule has 172 valence electrons. The highest BCUT2D eigenvalue weighted by molar-refractivity contribution is 5.90. The first-order valence-corrected chi connectivity index (χ1v) is 11.2. The average molecular weight is 427 g/mol. The molecule has 7 heteroatoms. The van der Waals surface area contributed by atoms with E-state index in [1.807, 2.05) is 13.8 Å². The summed E-state index contributed by atoms with van der Waals surface area (Å²) >= 11 is 0. The number of hydrogen-bond donors (Lipinski definition) is 3. The third-order valence-electron chi connectivity index (χ3n) is 8.07. The second kappa shape index (κ2) is 9.25. The van der Waals surface area contributed by atoms with Gasteiger partial charge in [-0.1, -0.05) is 26.7 Å². The van der Waals surface area contributed by atoms with Crippen LogP contribution in [0.25, 0.3) is 0 Å². The summed E-state index contributed by atoms with van der Waals surface area (Å²) in [4.78, 5) is 34.0. The Morgan fingerprint density at radius 3 is 2.33 bits per heavy atom. The van der Waals surface area contributed by atoms with E-state index in [4.69, 9.17) is 9.84 Å². The van der Waals surface area contributed by atoms with Crippen LogP contribution >= 0.6 is 0 Å². The molecule has 6 atom stereocenters. The van der Waals surface area contributed by atoms with Crippen LogP contribution in [-0.4, -0.2) is 45.4 Å². The van der Waals surface area contributed by atoms with Crippen molar-refractivity contribution in [2.45, 2.75) is 91.1 Å². The van der Waals surface area contributed by atoms with Gasteiger partial charge >= 0.3 is 17.9 Å². The molecule has 6 unspecified atom stereocenters. The van der Waals surface area contributed by atoms with E-state index < -0.39 is 35.3 Å². The van der Waals surface area contributed by atoms with Crippen LogP contribution in [0.15, 0.2) is 0 Å². The van der Waals surface area contributed by atoms with Crippen LogP contribution in [0.1, 0.15) is 85.5 Å². The Kier molecular flexibility index (Phi) is 7.59. The Bertz CT molecular complexity index is 658. The van der Waals surface area contributed by atoms with Crippen molar-refractivity contribution in [1.29, 1.82) is 0 Å². The molecule has 7 nitrogen and oxygen atoms in total. The van der Waals surface area contributed by atoms with Gasteiger partial charge in [0.25, 0.3) is 0 Å². The van der Waals surface area contributed by atoms with E-state index in [9.17, 15) is 24.6 Å². The molecule has 0 bridgehead atoms. The van der Waals surface area contributed by atoms with Crippen LogP contribution in [0.4, 0.5) is 0 Å². The molecular formula is C23H38O7. The van der Waals surface area contributed by atoms with Crippen molar-refractivity contribution >= 4 is 17.9 Å². The number of carbonyl (C=O) groups excluding carboxylic acids is 1. The molecule has 0 aromatic heterocycles. The zero-order valence-electron chi connectivity index (χ0n) is 18.8. The summed E-state index contributed by atoms with van der Waals surface area (Å²) in [6.07, 6.45) is 5.47. The van der Waals surface area contributed by atoms with Crippen molar-refractivity contribution in [3.63, 3.8) is 0 Å². The standard InChI is InChI=1S/C23H38O7/c1-15(9-13-30-19(26)14-18(24)25)6-7-17-21(2)10-5-11-22(3,20(27)28)16(21)8-12-23(17,4)29/h15-17,29H,5-14H2,1-4H3,(H,24,25)(H,27,28). The molecule has 0 aromatic rings. The summed E-state index contributed by atoms with van der Waals surface area (Å²) in [6.45, 7) is 8.19. The molecule has 2 rings (SSSR count). The van der Waals surface area contributed by atoms with E-state index in [1.54, 1.807) is 0 Å². The predicted molar refractivity (Wildman–Crippen MR) is 111 cm³/mol. The zero-order valence-corrected chi connectivity index (χ0v) is 18.8. The van der Waals surface area contributed by atoms with Crippen molar-refractivity contribution < 1.29 is 34.4 Å². The molecule has 30 heavy (non-hydrogen) atoms. The fourth-order valence-corrected chi connectivity index (χ4v) is 6.34. The molecular weight excluding hydrogens is 388 g/mol. The quantitative estimate of drug-likeness (QED) is 0.378. The largest absolute Gasteiger partial charge is 0.481 e. The Labute approximate surface area is 179 Å². The van der Waals surface area contributed by atoms with E-state index in [0.717, 1.165) is 32.1 Å². The maximum absolute atomic E-state index is 12.1. The number of aliphatic hydroxyl groups is 1. The van der Waals surface area contributed by atoms with Crippen molar-refractivity contribution in [1.82, 2.24) is 0 Å². The number of fused-ring (bicyclic) bond motifs is 1. The third-order valence-corrected chi connectivity index (χ3v) is 8.07. The third kappa shape index (κ3) is 5.16. The van der Waals surface area contributed by atoms with Crippen LogP contribution in [0.2, 0.25) is 0 Å². The summed E-state index contributed by atoms with van der Waals surface area (Å²) < 4.78 is 4.98. The second-order valence-corrected chi connectivity index (χ2v) is 10.3. The minimum Gasteiger partial charge on any atom is -0.481 e. The highest BCUT2D eigenvalue weighted by Crippen LogP contribution is 2.63. The highest BCUT2D eigenvalue weighted by Gasteiger charge is 2.61. The fraction of sp³-hybridized carbons (Fsp3) is 0.870. The smallest absolute Gasteiger partial charge is 0.317 e. The normalized spacial score (nSPS) is 37.1. The number of esters is 1. The second-order valence-electron chi connectivity index (χ2n) is 10.3. The van der Waals surface area contributed by atoms with Crippen molar-refractivity contribution in [2.24, 2.45) is 28.6 Å². The lowest BCUT2D eigenvalue weighted by Crippen LogP contribution is -2.59. The number of ether oxygens (including phenoxy) is 1. The van der Waals surface area contributed by atoms with Crippen LogP contribution < -0.4 is 0 Å². The average Bonchev–Trinajstić information content (AvgIpc) is 2.59. The van der Waals surface area contributed by atoms with Crippen molar-refractivity contribution in [2.75, 3.05) is 6.61 Å². The number of carboxylic acid groups (broad SMARTS) is 2. The molecule has 0 aliphatic heterocycles. The molecule has 2 aliphatic carbocycles. The van der Waals surface area contributed by atoms with Crippen LogP contribution in [0.3, 0.4) is 0 Å². The number of rotatable bonds is 9. The lowest BCUT2D eigenvalue weighted by molar-refractivity contribution is -0.191. The Hall–Kier alpha value is -1.63. The lowest BCUT2D eigenvalue weighted by atomic mass is 9.44. The molecule has 2 fully saturated rings. The summed E-state index contributed by atoms with van der Waals surface area (Å²) in [6, 6.07) is 0. The first-order valence-electron chi connectivity index (χ1n) is 11.2. The first-order chi connectivity index (χ1) is 13.8. The predicted octanol–water partition coefficient (Wildman–Crippen LogP) is 3.87. The van der Waals surface area contributed by atoms with E-state index in [-0.39, 0.29) is 29.8 Å². The van der Waals surface area contributed by atoms with Gasteiger partial charge in [-0.05, 0) is 75.5 Å². The minimum absolute atomic E-state index is 0.0136. The van der Waals surface area contributed by atoms with Gasteiger partial charge in [0, 0.05) is 0 Å². The molecule has 2 saturated carbocycles. The molecule has 0 saturated heterocycles. The molecule has 3 N–H and O–H groups in total. The van der Waals surface area contributed by atoms with E-state index in [1.165, 1.54) is 0 Å². The first kappa shape index (κ1) is 24.6. The summed E-state index contributed by atoms with van der Waals surface area (Å²) in [5.41, 5.74) is -1.79. The van der Waals surface area contributed by atoms with Gasteiger partial charge in [0.1, 0.15) is 6.42 Å². The zero-order chi connectivity index (χ0) is 22.7. The molecule has 2 aliphatic rings. The van der Waals surface area contributed by atoms with E-state index in [2.05, 4.69) is 13.8 Å².